The molecule has 1 N–H and O–H groups in total. The number of aromatic amines is 1. The molecule has 2 heterocycles. The molecule has 0 aromatic carbocycles. The van der Waals surface area contributed by atoms with Crippen molar-refractivity contribution in [3.63, 3.8) is 0 Å². The zero-order valence-electron chi connectivity index (χ0n) is 7.98. The molecule has 5 nitrogen and oxygen atoms in total. The van der Waals surface area contributed by atoms with E-state index < -0.39 is 5.76 Å². The minimum atomic E-state index is -0.620. The number of hydrogen-bond acceptors (Lipinski definition) is 4. The Bertz CT molecular complexity index is 539. The molecular formula is C10H8N2O3. The van der Waals surface area contributed by atoms with E-state index in [4.69, 9.17) is 4.42 Å². The summed E-state index contributed by atoms with van der Waals surface area (Å²) < 4.78 is 4.75. The predicted octanol–water partition coefficient (Wildman–Crippen LogP) is 0.902. The number of carbonyl (C=O) groups excluding carboxylic acids is 1. The molecule has 0 unspecified atom stereocenters. The maximum atomic E-state index is 11.8. The monoisotopic (exact) mass is 204 g/mol. The van der Waals surface area contributed by atoms with E-state index >= 15 is 0 Å². The van der Waals surface area contributed by atoms with Crippen LogP contribution in [0.3, 0.4) is 0 Å². The quantitative estimate of drug-likeness (QED) is 0.737. The van der Waals surface area contributed by atoms with Gasteiger partial charge in [-0.25, -0.2) is 4.79 Å². The number of nitrogens with one attached hydrogen (secondary N) is 1. The minimum Gasteiger partial charge on any atom is -0.404 e. The molecule has 5 heteroatoms. The molecule has 0 aliphatic carbocycles. The lowest BCUT2D eigenvalue weighted by molar-refractivity contribution is 0.101. The molecule has 0 saturated heterocycles. The molecule has 76 valence electrons. The van der Waals surface area contributed by atoms with Crippen LogP contribution >= 0.6 is 0 Å². The van der Waals surface area contributed by atoms with Crippen molar-refractivity contribution in [2.75, 3.05) is 0 Å². The summed E-state index contributed by atoms with van der Waals surface area (Å²) in [6, 6.07) is 3.13. The third-order valence-corrected chi connectivity index (χ3v) is 1.97. The fourth-order valence-electron chi connectivity index (χ4n) is 1.26. The van der Waals surface area contributed by atoms with E-state index in [2.05, 4.69) is 9.97 Å². The topological polar surface area (TPSA) is 76.0 Å². The van der Waals surface area contributed by atoms with Crippen LogP contribution in [0.4, 0.5) is 0 Å². The van der Waals surface area contributed by atoms with Crippen LogP contribution < -0.4 is 5.76 Å². The molecule has 0 spiro atoms. The first-order valence-corrected chi connectivity index (χ1v) is 4.33. The van der Waals surface area contributed by atoms with Gasteiger partial charge in [0, 0.05) is 18.0 Å². The van der Waals surface area contributed by atoms with Gasteiger partial charge < -0.3 is 4.42 Å². The van der Waals surface area contributed by atoms with Crippen molar-refractivity contribution in [2.45, 2.75) is 6.92 Å². The summed E-state index contributed by atoms with van der Waals surface area (Å²) in [6.45, 7) is 1.61. The standard InChI is InChI=1S/C10H8N2O3/c1-6-9(15-10(14)12-6)8(13)7-2-4-11-5-3-7/h2-5H,1H3,(H,12,14). The molecule has 15 heavy (non-hydrogen) atoms. The number of rotatable bonds is 2. The molecule has 0 saturated carbocycles. The van der Waals surface area contributed by atoms with Crippen molar-refractivity contribution in [3.8, 4) is 0 Å². The zero-order chi connectivity index (χ0) is 10.8. The van der Waals surface area contributed by atoms with Crippen LogP contribution in [0.15, 0.2) is 33.7 Å². The van der Waals surface area contributed by atoms with Gasteiger partial charge in [-0.1, -0.05) is 0 Å². The van der Waals surface area contributed by atoms with E-state index in [9.17, 15) is 9.59 Å². The van der Waals surface area contributed by atoms with Crippen molar-refractivity contribution >= 4 is 5.78 Å². The summed E-state index contributed by atoms with van der Waals surface area (Å²) in [4.78, 5) is 28.9. The summed E-state index contributed by atoms with van der Waals surface area (Å²) in [5, 5.41) is 0. The number of aryl methyl sites for hydroxylation is 1. The molecule has 0 amide bonds. The first-order chi connectivity index (χ1) is 7.18. The average Bonchev–Trinajstić information content (AvgIpc) is 2.58. The molecule has 0 bridgehead atoms. The van der Waals surface area contributed by atoms with E-state index in [1.54, 1.807) is 19.1 Å². The average molecular weight is 204 g/mol. The smallest absolute Gasteiger partial charge is 0.404 e. The van der Waals surface area contributed by atoms with Crippen molar-refractivity contribution in [1.82, 2.24) is 9.97 Å². The Labute approximate surface area is 84.8 Å². The first kappa shape index (κ1) is 9.39. The van der Waals surface area contributed by atoms with Gasteiger partial charge in [-0.2, -0.15) is 0 Å². The molecule has 2 rings (SSSR count). The number of oxazole rings is 1. The minimum absolute atomic E-state index is 0.0474. The Balaban J connectivity index is 2.46. The SMILES string of the molecule is Cc1[nH]c(=O)oc1C(=O)c1ccncc1. The molecule has 2 aromatic heterocycles. The number of H-pyrrole nitrogens is 1. The second-order valence-electron chi connectivity index (χ2n) is 3.03. The van der Waals surface area contributed by atoms with Crippen molar-refractivity contribution in [2.24, 2.45) is 0 Å². The van der Waals surface area contributed by atoms with Crippen LogP contribution in [0, 0.1) is 6.92 Å². The highest BCUT2D eigenvalue weighted by molar-refractivity contribution is 6.07. The Morgan fingerprint density at radius 2 is 2.07 bits per heavy atom. The van der Waals surface area contributed by atoms with Crippen LogP contribution in [-0.2, 0) is 0 Å². The van der Waals surface area contributed by atoms with E-state index in [0.717, 1.165) is 0 Å². The summed E-state index contributed by atoms with van der Waals surface area (Å²) in [5.41, 5.74) is 0.873. The van der Waals surface area contributed by atoms with E-state index in [1.807, 2.05) is 0 Å². The van der Waals surface area contributed by atoms with Crippen molar-refractivity contribution < 1.29 is 9.21 Å². The normalized spacial score (nSPS) is 10.2. The van der Waals surface area contributed by atoms with Gasteiger partial charge in [-0.05, 0) is 19.1 Å². The maximum absolute atomic E-state index is 11.8. The van der Waals surface area contributed by atoms with Gasteiger partial charge >= 0.3 is 5.76 Å². The summed E-state index contributed by atoms with van der Waals surface area (Å²) in [7, 11) is 0. The van der Waals surface area contributed by atoms with Crippen LogP contribution in [0.2, 0.25) is 0 Å². The molecule has 0 fully saturated rings. The van der Waals surface area contributed by atoms with E-state index in [-0.39, 0.29) is 11.5 Å². The highest BCUT2D eigenvalue weighted by atomic mass is 16.4. The van der Waals surface area contributed by atoms with Crippen molar-refractivity contribution in [1.29, 1.82) is 0 Å². The van der Waals surface area contributed by atoms with Crippen LogP contribution in [-0.4, -0.2) is 15.8 Å². The summed E-state index contributed by atoms with van der Waals surface area (Å²) in [6.07, 6.45) is 3.01. The Morgan fingerprint density at radius 1 is 1.40 bits per heavy atom. The van der Waals surface area contributed by atoms with Gasteiger partial charge in [0.2, 0.25) is 5.78 Å². The number of aromatic nitrogens is 2. The molecular weight excluding hydrogens is 196 g/mol. The number of nitrogens with zero attached hydrogens (tertiary/aromatic N) is 1. The third-order valence-electron chi connectivity index (χ3n) is 1.97. The third kappa shape index (κ3) is 1.71. The van der Waals surface area contributed by atoms with Gasteiger partial charge in [-0.3, -0.25) is 14.8 Å². The van der Waals surface area contributed by atoms with Gasteiger partial charge in [0.15, 0.2) is 5.76 Å². The summed E-state index contributed by atoms with van der Waals surface area (Å²) in [5.74, 6) is -0.899. The lowest BCUT2D eigenvalue weighted by atomic mass is 10.1. The lowest BCUT2D eigenvalue weighted by Crippen LogP contribution is -2.01. The number of pyridine rings is 1. The molecule has 0 aliphatic rings. The molecule has 0 aliphatic heterocycles. The Morgan fingerprint density at radius 3 is 2.60 bits per heavy atom. The maximum Gasteiger partial charge on any atom is 0.417 e. The Kier molecular flexibility index (Phi) is 2.21. The number of carbonyl (C=O) groups is 1. The molecule has 2 aromatic rings. The van der Waals surface area contributed by atoms with Crippen LogP contribution in [0.25, 0.3) is 0 Å². The van der Waals surface area contributed by atoms with Gasteiger partial charge in [0.05, 0.1) is 5.69 Å². The second-order valence-corrected chi connectivity index (χ2v) is 3.03. The largest absolute Gasteiger partial charge is 0.417 e. The van der Waals surface area contributed by atoms with Gasteiger partial charge in [0.1, 0.15) is 0 Å². The molecule has 0 atom stereocenters. The van der Waals surface area contributed by atoms with Gasteiger partial charge in [-0.15, -0.1) is 0 Å². The Hall–Kier alpha value is -2.17. The fourth-order valence-corrected chi connectivity index (χ4v) is 1.26. The fraction of sp³-hybridized carbons (Fsp3) is 0.100. The highest BCUT2D eigenvalue weighted by Crippen LogP contribution is 2.09. The van der Waals surface area contributed by atoms with E-state index in [1.165, 1.54) is 12.4 Å². The van der Waals surface area contributed by atoms with Crippen LogP contribution in [0.5, 0.6) is 0 Å². The highest BCUT2D eigenvalue weighted by Gasteiger charge is 2.16. The van der Waals surface area contributed by atoms with E-state index in [0.29, 0.717) is 11.3 Å². The van der Waals surface area contributed by atoms with Crippen molar-refractivity contribution in [3.05, 3.63) is 52.1 Å². The summed E-state index contributed by atoms with van der Waals surface area (Å²) >= 11 is 0. The lowest BCUT2D eigenvalue weighted by Gasteiger charge is -1.96. The van der Waals surface area contributed by atoms with Crippen LogP contribution in [0.1, 0.15) is 21.8 Å². The second kappa shape index (κ2) is 3.53. The first-order valence-electron chi connectivity index (χ1n) is 4.33. The number of hydrogen-bond donors (Lipinski definition) is 1. The number of ketones is 1. The zero-order valence-corrected chi connectivity index (χ0v) is 7.98. The predicted molar refractivity (Wildman–Crippen MR) is 51.7 cm³/mol. The van der Waals surface area contributed by atoms with Gasteiger partial charge in [0.25, 0.3) is 0 Å². The molecule has 0 radical (unpaired) electrons.